The molecule has 0 atom stereocenters. The summed E-state index contributed by atoms with van der Waals surface area (Å²) in [6, 6.07) is 11.7. The number of esters is 1. The van der Waals surface area contributed by atoms with Gasteiger partial charge in [0, 0.05) is 6.20 Å². The van der Waals surface area contributed by atoms with E-state index in [0.29, 0.717) is 5.75 Å². The summed E-state index contributed by atoms with van der Waals surface area (Å²) in [5.41, 5.74) is 4.64. The van der Waals surface area contributed by atoms with Crippen LogP contribution in [0.15, 0.2) is 42.6 Å². The Morgan fingerprint density at radius 2 is 2.00 bits per heavy atom. The average molecular weight is 324 g/mol. The molecular formula is C19H20N2O3. The minimum absolute atomic E-state index is 0.111. The first kappa shape index (κ1) is 16.1. The highest BCUT2D eigenvalue weighted by Gasteiger charge is 2.12. The molecule has 0 aliphatic carbocycles. The summed E-state index contributed by atoms with van der Waals surface area (Å²) in [6.07, 6.45) is 1.91. The smallest absolute Gasteiger partial charge is 0.344 e. The number of pyridine rings is 1. The number of hydrogen-bond acceptors (Lipinski definition) is 4. The number of carbonyl (C=O) groups excluding carboxylic acids is 1. The molecule has 0 bridgehead atoms. The molecule has 0 radical (unpaired) electrons. The lowest BCUT2D eigenvalue weighted by atomic mass is 10.1. The van der Waals surface area contributed by atoms with E-state index in [1.807, 2.05) is 67.8 Å². The second kappa shape index (κ2) is 6.74. The Hall–Kier alpha value is -2.82. The molecule has 5 heteroatoms. The molecule has 3 aromatic rings. The standard InChI is InChI=1S/C19H20N2O3/c1-13-7-8-14(2)17(10-13)23-12-19(22)24-11-16-15(3)20-18-6-4-5-9-21(16)18/h4-10H,11-12H2,1-3H3. The van der Waals surface area contributed by atoms with E-state index in [0.717, 1.165) is 28.2 Å². The number of carbonyl (C=O) groups is 1. The van der Waals surface area contributed by atoms with Crippen molar-refractivity contribution in [1.82, 2.24) is 9.38 Å². The van der Waals surface area contributed by atoms with Crippen LogP contribution in [0.4, 0.5) is 0 Å². The topological polar surface area (TPSA) is 52.8 Å². The fraction of sp³-hybridized carbons (Fsp3) is 0.263. The molecule has 2 aromatic heterocycles. The van der Waals surface area contributed by atoms with E-state index in [1.54, 1.807) is 0 Å². The van der Waals surface area contributed by atoms with E-state index in [-0.39, 0.29) is 13.2 Å². The van der Waals surface area contributed by atoms with Crippen molar-refractivity contribution in [3.8, 4) is 5.75 Å². The van der Waals surface area contributed by atoms with Crippen molar-refractivity contribution in [1.29, 1.82) is 0 Å². The second-order valence-corrected chi connectivity index (χ2v) is 5.79. The fourth-order valence-corrected chi connectivity index (χ4v) is 2.53. The Labute approximate surface area is 140 Å². The van der Waals surface area contributed by atoms with E-state index in [4.69, 9.17) is 9.47 Å². The first-order valence-electron chi connectivity index (χ1n) is 7.83. The minimum Gasteiger partial charge on any atom is -0.482 e. The van der Waals surface area contributed by atoms with Gasteiger partial charge in [-0.25, -0.2) is 9.78 Å². The van der Waals surface area contributed by atoms with Gasteiger partial charge in [0.2, 0.25) is 0 Å². The molecule has 0 unspecified atom stereocenters. The van der Waals surface area contributed by atoms with Crippen molar-refractivity contribution in [2.45, 2.75) is 27.4 Å². The lowest BCUT2D eigenvalue weighted by Gasteiger charge is -2.10. The molecule has 3 rings (SSSR count). The number of fused-ring (bicyclic) bond motifs is 1. The highest BCUT2D eigenvalue weighted by atomic mass is 16.6. The molecule has 0 N–H and O–H groups in total. The highest BCUT2D eigenvalue weighted by molar-refractivity contribution is 5.71. The van der Waals surface area contributed by atoms with Crippen LogP contribution in [0.25, 0.3) is 5.65 Å². The van der Waals surface area contributed by atoms with Gasteiger partial charge in [-0.05, 0) is 50.1 Å². The molecule has 0 saturated carbocycles. The number of rotatable bonds is 5. The predicted molar refractivity (Wildman–Crippen MR) is 91.1 cm³/mol. The molecule has 0 spiro atoms. The molecular weight excluding hydrogens is 304 g/mol. The van der Waals surface area contributed by atoms with E-state index in [1.165, 1.54) is 0 Å². The van der Waals surface area contributed by atoms with Gasteiger partial charge in [-0.1, -0.05) is 18.2 Å². The van der Waals surface area contributed by atoms with Gasteiger partial charge in [-0.15, -0.1) is 0 Å². The van der Waals surface area contributed by atoms with Gasteiger partial charge in [0.1, 0.15) is 18.0 Å². The van der Waals surface area contributed by atoms with Crippen LogP contribution >= 0.6 is 0 Å². The zero-order chi connectivity index (χ0) is 17.1. The third kappa shape index (κ3) is 3.40. The minimum atomic E-state index is -0.402. The number of imidazole rings is 1. The summed E-state index contributed by atoms with van der Waals surface area (Å²) in [6.45, 7) is 5.90. The Morgan fingerprint density at radius 1 is 1.17 bits per heavy atom. The van der Waals surface area contributed by atoms with Crippen LogP contribution in [0.3, 0.4) is 0 Å². The van der Waals surface area contributed by atoms with Crippen molar-refractivity contribution in [2.24, 2.45) is 0 Å². The number of benzene rings is 1. The molecule has 2 heterocycles. The van der Waals surface area contributed by atoms with Crippen molar-refractivity contribution in [3.05, 3.63) is 65.1 Å². The maximum absolute atomic E-state index is 12.0. The summed E-state index contributed by atoms with van der Waals surface area (Å²) >= 11 is 0. The van der Waals surface area contributed by atoms with Gasteiger partial charge in [-0.3, -0.25) is 0 Å². The van der Waals surface area contributed by atoms with E-state index in [2.05, 4.69) is 4.98 Å². The number of aromatic nitrogens is 2. The molecule has 0 aliphatic rings. The largest absolute Gasteiger partial charge is 0.482 e. The van der Waals surface area contributed by atoms with Crippen molar-refractivity contribution < 1.29 is 14.3 Å². The fourth-order valence-electron chi connectivity index (χ4n) is 2.53. The summed E-state index contributed by atoms with van der Waals surface area (Å²) in [5, 5.41) is 0. The maximum Gasteiger partial charge on any atom is 0.344 e. The van der Waals surface area contributed by atoms with Crippen LogP contribution in [0, 0.1) is 20.8 Å². The van der Waals surface area contributed by atoms with Crippen molar-refractivity contribution in [3.63, 3.8) is 0 Å². The summed E-state index contributed by atoms with van der Waals surface area (Å²) in [7, 11) is 0. The normalized spacial score (nSPS) is 10.8. The average Bonchev–Trinajstić information content (AvgIpc) is 2.89. The van der Waals surface area contributed by atoms with Gasteiger partial charge in [0.05, 0.1) is 11.4 Å². The van der Waals surface area contributed by atoms with Gasteiger partial charge in [0.25, 0.3) is 0 Å². The SMILES string of the molecule is Cc1ccc(C)c(OCC(=O)OCc2c(C)nc3ccccn23)c1. The number of aryl methyl sites for hydroxylation is 3. The van der Waals surface area contributed by atoms with Gasteiger partial charge in [-0.2, -0.15) is 0 Å². The first-order chi connectivity index (χ1) is 11.5. The Kier molecular flexibility index (Phi) is 4.51. The Bertz CT molecular complexity index is 883. The molecule has 1 aromatic carbocycles. The summed E-state index contributed by atoms with van der Waals surface area (Å²) in [5.74, 6) is 0.305. The zero-order valence-corrected chi connectivity index (χ0v) is 14.1. The van der Waals surface area contributed by atoms with Gasteiger partial charge in [0.15, 0.2) is 6.61 Å². The number of hydrogen-bond donors (Lipinski definition) is 0. The van der Waals surface area contributed by atoms with Crippen LogP contribution in [0.1, 0.15) is 22.5 Å². The van der Waals surface area contributed by atoms with E-state index >= 15 is 0 Å². The van der Waals surface area contributed by atoms with E-state index < -0.39 is 5.97 Å². The zero-order valence-electron chi connectivity index (χ0n) is 14.1. The molecule has 124 valence electrons. The summed E-state index contributed by atoms with van der Waals surface area (Å²) in [4.78, 5) is 16.4. The van der Waals surface area contributed by atoms with Crippen LogP contribution in [-0.2, 0) is 16.1 Å². The maximum atomic E-state index is 12.0. The molecule has 5 nitrogen and oxygen atoms in total. The van der Waals surface area contributed by atoms with Crippen LogP contribution in [0.2, 0.25) is 0 Å². The molecule has 0 fully saturated rings. The first-order valence-corrected chi connectivity index (χ1v) is 7.83. The highest BCUT2D eigenvalue weighted by Crippen LogP contribution is 2.19. The lowest BCUT2D eigenvalue weighted by molar-refractivity contribution is -0.147. The van der Waals surface area contributed by atoms with Crippen molar-refractivity contribution in [2.75, 3.05) is 6.61 Å². The third-order valence-electron chi connectivity index (χ3n) is 3.89. The van der Waals surface area contributed by atoms with Gasteiger partial charge >= 0.3 is 5.97 Å². The molecule has 0 amide bonds. The Balaban J connectivity index is 1.61. The lowest BCUT2D eigenvalue weighted by Crippen LogP contribution is -2.16. The van der Waals surface area contributed by atoms with Gasteiger partial charge < -0.3 is 13.9 Å². The predicted octanol–water partition coefficient (Wildman–Crippen LogP) is 3.38. The van der Waals surface area contributed by atoms with E-state index in [9.17, 15) is 4.79 Å². The second-order valence-electron chi connectivity index (χ2n) is 5.79. The quantitative estimate of drug-likeness (QED) is 0.675. The molecule has 0 aliphatic heterocycles. The molecule has 24 heavy (non-hydrogen) atoms. The summed E-state index contributed by atoms with van der Waals surface area (Å²) < 4.78 is 12.8. The number of nitrogens with zero attached hydrogens (tertiary/aromatic N) is 2. The Morgan fingerprint density at radius 3 is 2.83 bits per heavy atom. The monoisotopic (exact) mass is 324 g/mol. The van der Waals surface area contributed by atoms with Crippen LogP contribution in [0.5, 0.6) is 5.75 Å². The number of ether oxygens (including phenoxy) is 2. The van der Waals surface area contributed by atoms with Crippen LogP contribution < -0.4 is 4.74 Å². The third-order valence-corrected chi connectivity index (χ3v) is 3.89. The van der Waals surface area contributed by atoms with Crippen LogP contribution in [-0.4, -0.2) is 22.0 Å². The van der Waals surface area contributed by atoms with Crippen molar-refractivity contribution >= 4 is 11.6 Å². The molecule has 0 saturated heterocycles.